The summed E-state index contributed by atoms with van der Waals surface area (Å²) in [6.07, 6.45) is 0.00129. The predicted octanol–water partition coefficient (Wildman–Crippen LogP) is 3.24. The number of imide groups is 1. The molecule has 2 atom stereocenters. The van der Waals surface area contributed by atoms with Gasteiger partial charge in [0.05, 0.1) is 12.5 Å². The first-order valence-corrected chi connectivity index (χ1v) is 10.8. The van der Waals surface area contributed by atoms with Gasteiger partial charge in [0.2, 0.25) is 5.91 Å². The average molecular weight is 457 g/mol. The van der Waals surface area contributed by atoms with Crippen LogP contribution in [0.25, 0.3) is 0 Å². The number of nitrogens with one attached hydrogen (secondary N) is 4. The van der Waals surface area contributed by atoms with E-state index in [9.17, 15) is 19.2 Å². The molecule has 0 radical (unpaired) electrons. The Labute approximate surface area is 196 Å². The summed E-state index contributed by atoms with van der Waals surface area (Å²) < 4.78 is 0. The zero-order chi connectivity index (χ0) is 24.1. The number of hydrogen-bond acceptors (Lipinski definition) is 4. The van der Waals surface area contributed by atoms with Crippen molar-refractivity contribution in [2.75, 3.05) is 5.32 Å². The van der Waals surface area contributed by atoms with Gasteiger partial charge in [0.15, 0.2) is 0 Å². The molecule has 172 valence electrons. The summed E-state index contributed by atoms with van der Waals surface area (Å²) in [5.41, 5.74) is 1.08. The van der Waals surface area contributed by atoms with Crippen LogP contribution in [0.4, 0.5) is 10.5 Å². The molecule has 5 amide bonds. The fraction of sp³-hybridized carbons (Fsp3) is 0.154. The van der Waals surface area contributed by atoms with E-state index in [0.717, 1.165) is 5.56 Å². The Kier molecular flexibility index (Phi) is 6.40. The molecule has 0 spiro atoms. The largest absolute Gasteiger partial charge is 0.345 e. The molecule has 1 saturated heterocycles. The zero-order valence-corrected chi connectivity index (χ0v) is 18.5. The second-order valence-corrected chi connectivity index (χ2v) is 8.17. The summed E-state index contributed by atoms with van der Waals surface area (Å²) in [5, 5.41) is 10.6. The molecule has 1 heterocycles. The van der Waals surface area contributed by atoms with E-state index in [1.807, 2.05) is 36.4 Å². The van der Waals surface area contributed by atoms with Crippen LogP contribution in [0.15, 0.2) is 84.9 Å². The van der Waals surface area contributed by atoms with Crippen molar-refractivity contribution in [1.29, 1.82) is 0 Å². The third-order valence-electron chi connectivity index (χ3n) is 5.70. The van der Waals surface area contributed by atoms with Crippen molar-refractivity contribution in [1.82, 2.24) is 16.0 Å². The molecule has 1 aliphatic heterocycles. The second-order valence-electron chi connectivity index (χ2n) is 8.17. The fourth-order valence-corrected chi connectivity index (χ4v) is 3.82. The van der Waals surface area contributed by atoms with Crippen molar-refractivity contribution in [3.8, 4) is 0 Å². The first-order chi connectivity index (χ1) is 16.3. The Morgan fingerprint density at radius 3 is 2.24 bits per heavy atom. The van der Waals surface area contributed by atoms with Crippen molar-refractivity contribution in [3.63, 3.8) is 0 Å². The Balaban J connectivity index is 1.50. The highest BCUT2D eigenvalue weighted by molar-refractivity contribution is 6.07. The van der Waals surface area contributed by atoms with Gasteiger partial charge in [0.1, 0.15) is 5.54 Å². The lowest BCUT2D eigenvalue weighted by Gasteiger charge is -2.22. The lowest BCUT2D eigenvalue weighted by atomic mass is 9.92. The molecule has 0 saturated carbocycles. The van der Waals surface area contributed by atoms with Gasteiger partial charge < -0.3 is 16.0 Å². The van der Waals surface area contributed by atoms with Gasteiger partial charge in [-0.25, -0.2) is 4.79 Å². The number of amides is 5. The highest BCUT2D eigenvalue weighted by Crippen LogP contribution is 2.27. The molecule has 3 aromatic carbocycles. The molecular formula is C26H24N4O4. The summed E-state index contributed by atoms with van der Waals surface area (Å²) in [6.45, 7) is 1.60. The van der Waals surface area contributed by atoms with Crippen LogP contribution in [0, 0.1) is 0 Å². The van der Waals surface area contributed by atoms with Crippen LogP contribution >= 0.6 is 0 Å². The molecule has 8 nitrogen and oxygen atoms in total. The molecule has 1 fully saturated rings. The number of hydrogen-bond donors (Lipinski definition) is 4. The van der Waals surface area contributed by atoms with Crippen LogP contribution in [0.2, 0.25) is 0 Å². The van der Waals surface area contributed by atoms with Gasteiger partial charge in [-0.05, 0) is 42.3 Å². The van der Waals surface area contributed by atoms with Crippen molar-refractivity contribution in [2.45, 2.75) is 24.9 Å². The predicted molar refractivity (Wildman–Crippen MR) is 127 cm³/mol. The molecule has 4 rings (SSSR count). The fourth-order valence-electron chi connectivity index (χ4n) is 3.82. The number of carbonyl (C=O) groups excluding carboxylic acids is 4. The van der Waals surface area contributed by atoms with Crippen LogP contribution in [0.1, 0.15) is 40.9 Å². The minimum Gasteiger partial charge on any atom is -0.345 e. The minimum absolute atomic E-state index is 0.00129. The van der Waals surface area contributed by atoms with Gasteiger partial charge in [-0.2, -0.15) is 0 Å². The first kappa shape index (κ1) is 22.7. The Morgan fingerprint density at radius 2 is 1.59 bits per heavy atom. The maximum Gasteiger partial charge on any atom is 0.322 e. The van der Waals surface area contributed by atoms with Gasteiger partial charge in [-0.15, -0.1) is 0 Å². The number of anilines is 1. The summed E-state index contributed by atoms with van der Waals surface area (Å²) in [4.78, 5) is 49.5. The standard InChI is InChI=1S/C26H24N4O4/c1-26(24(33)29-25(34)30-26)19-13-8-14-20(15-19)27-22(31)16-21(17-9-4-2-5-10-17)28-23(32)18-11-6-3-7-12-18/h2-15,21H,16H2,1H3,(H,27,31)(H,28,32)(H2,29,30,33,34). The number of benzene rings is 3. The first-order valence-electron chi connectivity index (χ1n) is 10.8. The maximum atomic E-state index is 12.9. The molecule has 0 aromatic heterocycles. The van der Waals surface area contributed by atoms with Crippen molar-refractivity contribution in [2.24, 2.45) is 0 Å². The SMILES string of the molecule is CC1(c2cccc(NC(=O)CC(NC(=O)c3ccccc3)c3ccccc3)c2)NC(=O)NC1=O. The number of rotatable bonds is 7. The minimum atomic E-state index is -1.23. The molecule has 0 bridgehead atoms. The lowest BCUT2D eigenvalue weighted by molar-refractivity contribution is -0.123. The lowest BCUT2D eigenvalue weighted by Crippen LogP contribution is -2.40. The van der Waals surface area contributed by atoms with Crippen LogP contribution in [0.5, 0.6) is 0 Å². The van der Waals surface area contributed by atoms with Crippen molar-refractivity contribution in [3.05, 3.63) is 102 Å². The van der Waals surface area contributed by atoms with Gasteiger partial charge in [0, 0.05) is 11.3 Å². The third-order valence-corrected chi connectivity index (χ3v) is 5.70. The maximum absolute atomic E-state index is 12.9. The zero-order valence-electron chi connectivity index (χ0n) is 18.5. The van der Waals surface area contributed by atoms with Gasteiger partial charge in [0.25, 0.3) is 11.8 Å². The normalized spacial score (nSPS) is 17.9. The summed E-state index contributed by atoms with van der Waals surface area (Å²) in [7, 11) is 0. The van der Waals surface area contributed by atoms with E-state index in [2.05, 4.69) is 21.3 Å². The quantitative estimate of drug-likeness (QED) is 0.409. The summed E-state index contributed by atoms with van der Waals surface area (Å²) in [6, 6.07) is 23.7. The van der Waals surface area contributed by atoms with E-state index in [1.54, 1.807) is 55.5 Å². The van der Waals surface area contributed by atoms with Crippen LogP contribution in [0.3, 0.4) is 0 Å². The van der Waals surface area contributed by atoms with Gasteiger partial charge in [-0.1, -0.05) is 60.7 Å². The second kappa shape index (κ2) is 9.58. The molecular weight excluding hydrogens is 432 g/mol. The summed E-state index contributed by atoms with van der Waals surface area (Å²) >= 11 is 0. The Hall–Kier alpha value is -4.46. The van der Waals surface area contributed by atoms with E-state index in [-0.39, 0.29) is 18.2 Å². The van der Waals surface area contributed by atoms with E-state index >= 15 is 0 Å². The van der Waals surface area contributed by atoms with Crippen molar-refractivity contribution >= 4 is 29.4 Å². The monoisotopic (exact) mass is 456 g/mol. The molecule has 34 heavy (non-hydrogen) atoms. The van der Waals surface area contributed by atoms with E-state index in [4.69, 9.17) is 0 Å². The van der Waals surface area contributed by atoms with Gasteiger partial charge >= 0.3 is 6.03 Å². The molecule has 8 heteroatoms. The molecule has 3 aromatic rings. The molecule has 0 aliphatic carbocycles. The topological polar surface area (TPSA) is 116 Å². The Bertz CT molecular complexity index is 1230. The van der Waals surface area contributed by atoms with Crippen molar-refractivity contribution < 1.29 is 19.2 Å². The smallest absolute Gasteiger partial charge is 0.322 e. The van der Waals surface area contributed by atoms with Gasteiger partial charge in [-0.3, -0.25) is 19.7 Å². The van der Waals surface area contributed by atoms with E-state index < -0.39 is 23.5 Å². The Morgan fingerprint density at radius 1 is 0.912 bits per heavy atom. The highest BCUT2D eigenvalue weighted by atomic mass is 16.2. The molecule has 1 aliphatic rings. The highest BCUT2D eigenvalue weighted by Gasteiger charge is 2.43. The summed E-state index contributed by atoms with van der Waals surface area (Å²) in [5.74, 6) is -1.06. The van der Waals surface area contributed by atoms with Crippen LogP contribution in [-0.2, 0) is 15.1 Å². The number of carbonyl (C=O) groups is 4. The molecule has 4 N–H and O–H groups in total. The number of urea groups is 1. The third kappa shape index (κ3) is 4.96. The average Bonchev–Trinajstić information content (AvgIpc) is 3.11. The van der Waals surface area contributed by atoms with E-state index in [1.165, 1.54) is 0 Å². The van der Waals surface area contributed by atoms with Crippen LogP contribution in [-0.4, -0.2) is 23.8 Å². The van der Waals surface area contributed by atoms with E-state index in [0.29, 0.717) is 16.8 Å². The van der Waals surface area contributed by atoms with Crippen LogP contribution < -0.4 is 21.3 Å². The molecule has 2 unspecified atom stereocenters.